The van der Waals surface area contributed by atoms with E-state index in [1.807, 2.05) is 49.9 Å². The van der Waals surface area contributed by atoms with E-state index >= 15 is 0 Å². The molecule has 1 heterocycles. The topological polar surface area (TPSA) is 76.4 Å². The fourth-order valence-corrected chi connectivity index (χ4v) is 4.03. The lowest BCUT2D eigenvalue weighted by atomic mass is 10.0. The summed E-state index contributed by atoms with van der Waals surface area (Å²) < 4.78 is 14.0. The van der Waals surface area contributed by atoms with Crippen LogP contribution < -0.4 is 10.2 Å². The third-order valence-corrected chi connectivity index (χ3v) is 5.74. The zero-order chi connectivity index (χ0) is 23.3. The fourth-order valence-electron chi connectivity index (χ4n) is 4.03. The smallest absolute Gasteiger partial charge is 0.252 e. The molecular formula is C25H29FN4O2. The Kier molecular flexibility index (Phi) is 7.47. The zero-order valence-electron chi connectivity index (χ0n) is 18.8. The highest BCUT2D eigenvalue weighted by Gasteiger charge is 2.30. The standard InChI is InChI=1S/C25H29FN4O2/c1-17(2)15-22(28-24(31)19-8-5-4-7-18(19)3)25(32)30-13-11-29(12-14-30)23-10-6-9-21(26)20(23)16-27/h4-10,17,22H,11-15H2,1-3H3,(H,28,31). The maximum atomic E-state index is 14.0. The van der Waals surface area contributed by atoms with Crippen LogP contribution in [0.3, 0.4) is 0 Å². The predicted molar refractivity (Wildman–Crippen MR) is 122 cm³/mol. The Bertz CT molecular complexity index is 1020. The largest absolute Gasteiger partial charge is 0.367 e. The van der Waals surface area contributed by atoms with E-state index in [4.69, 9.17) is 0 Å². The summed E-state index contributed by atoms with van der Waals surface area (Å²) in [6, 6.07) is 13.2. The van der Waals surface area contributed by atoms with Gasteiger partial charge in [-0.2, -0.15) is 5.26 Å². The van der Waals surface area contributed by atoms with E-state index in [0.29, 0.717) is 43.9 Å². The average Bonchev–Trinajstić information content (AvgIpc) is 2.78. The number of hydrogen-bond donors (Lipinski definition) is 1. The summed E-state index contributed by atoms with van der Waals surface area (Å²) in [6.45, 7) is 7.77. The van der Waals surface area contributed by atoms with Crippen LogP contribution in [0.2, 0.25) is 0 Å². The van der Waals surface area contributed by atoms with Crippen molar-refractivity contribution in [3.63, 3.8) is 0 Å². The summed E-state index contributed by atoms with van der Waals surface area (Å²) in [7, 11) is 0. The first-order valence-corrected chi connectivity index (χ1v) is 10.9. The number of carbonyl (C=O) groups is 2. The van der Waals surface area contributed by atoms with Gasteiger partial charge in [0.15, 0.2) is 0 Å². The van der Waals surface area contributed by atoms with Gasteiger partial charge in [0.05, 0.1) is 5.69 Å². The molecule has 6 nitrogen and oxygen atoms in total. The van der Waals surface area contributed by atoms with Crippen LogP contribution in [0, 0.1) is 30.0 Å². The Hall–Kier alpha value is -3.40. The van der Waals surface area contributed by atoms with Crippen molar-refractivity contribution in [3.8, 4) is 6.07 Å². The minimum Gasteiger partial charge on any atom is -0.367 e. The van der Waals surface area contributed by atoms with Crippen LogP contribution >= 0.6 is 0 Å². The summed E-state index contributed by atoms with van der Waals surface area (Å²) in [5.74, 6) is -0.675. The summed E-state index contributed by atoms with van der Waals surface area (Å²) in [4.78, 5) is 29.8. The lowest BCUT2D eigenvalue weighted by Crippen LogP contribution is -2.55. The number of nitrogens with one attached hydrogen (secondary N) is 1. The molecule has 1 aliphatic heterocycles. The maximum absolute atomic E-state index is 14.0. The Balaban J connectivity index is 1.69. The Labute approximate surface area is 188 Å². The van der Waals surface area contributed by atoms with Crippen molar-refractivity contribution in [1.29, 1.82) is 5.26 Å². The number of carbonyl (C=O) groups excluding carboxylic acids is 2. The summed E-state index contributed by atoms with van der Waals surface area (Å²) in [5.41, 5.74) is 1.99. The third kappa shape index (κ3) is 5.25. The molecule has 1 unspecified atom stereocenters. The SMILES string of the molecule is Cc1ccccc1C(=O)NC(CC(C)C)C(=O)N1CCN(c2cccc(F)c2C#N)CC1. The number of rotatable bonds is 6. The molecule has 3 rings (SSSR count). The Morgan fingerprint density at radius 1 is 1.09 bits per heavy atom. The quantitative estimate of drug-likeness (QED) is 0.752. The molecule has 0 aliphatic carbocycles. The maximum Gasteiger partial charge on any atom is 0.252 e. The van der Waals surface area contributed by atoms with E-state index in [9.17, 15) is 19.2 Å². The minimum atomic E-state index is -0.613. The molecule has 0 bridgehead atoms. The minimum absolute atomic E-state index is 0.0236. The lowest BCUT2D eigenvalue weighted by Gasteiger charge is -2.38. The van der Waals surface area contributed by atoms with Gasteiger partial charge >= 0.3 is 0 Å². The molecule has 2 aromatic carbocycles. The van der Waals surface area contributed by atoms with Crippen molar-refractivity contribution in [3.05, 3.63) is 65.0 Å². The molecule has 1 saturated heterocycles. The Morgan fingerprint density at radius 3 is 2.41 bits per heavy atom. The number of benzene rings is 2. The van der Waals surface area contributed by atoms with E-state index in [1.54, 1.807) is 23.1 Å². The normalized spacial score (nSPS) is 14.8. The van der Waals surface area contributed by atoms with Crippen LogP contribution in [0.25, 0.3) is 0 Å². The fraction of sp³-hybridized carbons (Fsp3) is 0.400. The van der Waals surface area contributed by atoms with Gasteiger partial charge in [0.1, 0.15) is 23.5 Å². The second-order valence-corrected chi connectivity index (χ2v) is 8.53. The molecule has 2 amide bonds. The number of nitrogens with zero attached hydrogens (tertiary/aromatic N) is 3. The van der Waals surface area contributed by atoms with E-state index in [1.165, 1.54) is 6.07 Å². The van der Waals surface area contributed by atoms with Gasteiger partial charge in [-0.15, -0.1) is 0 Å². The van der Waals surface area contributed by atoms with Crippen LogP contribution in [0.5, 0.6) is 0 Å². The molecule has 1 N–H and O–H groups in total. The van der Waals surface area contributed by atoms with Crippen LogP contribution in [-0.4, -0.2) is 48.9 Å². The van der Waals surface area contributed by atoms with Gasteiger partial charge in [-0.25, -0.2) is 4.39 Å². The van der Waals surface area contributed by atoms with Crippen molar-refractivity contribution in [2.45, 2.75) is 33.2 Å². The van der Waals surface area contributed by atoms with E-state index in [-0.39, 0.29) is 23.3 Å². The molecular weight excluding hydrogens is 407 g/mol. The van der Waals surface area contributed by atoms with Crippen molar-refractivity contribution >= 4 is 17.5 Å². The predicted octanol–water partition coefficient (Wildman–Crippen LogP) is 3.50. The van der Waals surface area contributed by atoms with Crippen LogP contribution in [0.1, 0.15) is 41.8 Å². The number of anilines is 1. The van der Waals surface area contributed by atoms with Gasteiger partial charge in [0.2, 0.25) is 5.91 Å². The molecule has 1 aliphatic rings. The van der Waals surface area contributed by atoms with Crippen molar-refractivity contribution in [1.82, 2.24) is 10.2 Å². The zero-order valence-corrected chi connectivity index (χ0v) is 18.8. The number of aryl methyl sites for hydroxylation is 1. The first-order chi connectivity index (χ1) is 15.3. The molecule has 2 aromatic rings. The molecule has 0 saturated carbocycles. The average molecular weight is 437 g/mol. The molecule has 168 valence electrons. The highest BCUT2D eigenvalue weighted by atomic mass is 19.1. The van der Waals surface area contributed by atoms with Crippen molar-refractivity contribution in [2.24, 2.45) is 5.92 Å². The lowest BCUT2D eigenvalue weighted by molar-refractivity contribution is -0.134. The highest BCUT2D eigenvalue weighted by Crippen LogP contribution is 2.24. The summed E-state index contributed by atoms with van der Waals surface area (Å²) >= 11 is 0. The van der Waals surface area contributed by atoms with Gasteiger partial charge in [-0.05, 0) is 43.0 Å². The highest BCUT2D eigenvalue weighted by molar-refractivity contribution is 5.98. The van der Waals surface area contributed by atoms with Crippen LogP contribution in [-0.2, 0) is 4.79 Å². The van der Waals surface area contributed by atoms with Crippen LogP contribution in [0.4, 0.5) is 10.1 Å². The van der Waals surface area contributed by atoms with Crippen molar-refractivity contribution < 1.29 is 14.0 Å². The number of piperazine rings is 1. The van der Waals surface area contributed by atoms with Gasteiger partial charge < -0.3 is 15.1 Å². The van der Waals surface area contributed by atoms with Gasteiger partial charge in [-0.3, -0.25) is 9.59 Å². The Morgan fingerprint density at radius 2 is 1.78 bits per heavy atom. The second kappa shape index (κ2) is 10.3. The first-order valence-electron chi connectivity index (χ1n) is 10.9. The molecule has 32 heavy (non-hydrogen) atoms. The molecule has 0 radical (unpaired) electrons. The van der Waals surface area contributed by atoms with E-state index in [0.717, 1.165) is 5.56 Å². The summed E-state index contributed by atoms with van der Waals surface area (Å²) in [5, 5.41) is 12.2. The molecule has 7 heteroatoms. The van der Waals surface area contributed by atoms with E-state index < -0.39 is 11.9 Å². The number of halogens is 1. The monoisotopic (exact) mass is 436 g/mol. The second-order valence-electron chi connectivity index (χ2n) is 8.53. The number of amides is 2. The number of hydrogen-bond acceptors (Lipinski definition) is 4. The molecule has 1 atom stereocenters. The molecule has 0 aromatic heterocycles. The van der Waals surface area contributed by atoms with Crippen molar-refractivity contribution in [2.75, 3.05) is 31.1 Å². The first kappa shape index (κ1) is 23.3. The molecule has 1 fully saturated rings. The van der Waals surface area contributed by atoms with Crippen LogP contribution in [0.15, 0.2) is 42.5 Å². The molecule has 0 spiro atoms. The van der Waals surface area contributed by atoms with Gasteiger partial charge in [-0.1, -0.05) is 38.1 Å². The number of nitriles is 1. The summed E-state index contributed by atoms with van der Waals surface area (Å²) in [6.07, 6.45) is 0.541. The van der Waals surface area contributed by atoms with Gasteiger partial charge in [0.25, 0.3) is 5.91 Å². The van der Waals surface area contributed by atoms with E-state index in [2.05, 4.69) is 5.32 Å². The van der Waals surface area contributed by atoms with Gasteiger partial charge in [0, 0.05) is 31.7 Å². The third-order valence-electron chi connectivity index (χ3n) is 5.74.